The Labute approximate surface area is 134 Å². The van der Waals surface area contributed by atoms with Gasteiger partial charge in [0.2, 0.25) is 5.95 Å². The zero-order chi connectivity index (χ0) is 15.9. The van der Waals surface area contributed by atoms with Gasteiger partial charge in [-0.05, 0) is 32.3 Å². The van der Waals surface area contributed by atoms with Crippen LogP contribution in [0.15, 0.2) is 29.2 Å². The third kappa shape index (κ3) is 2.27. The number of carbonyl (C=O) groups is 1. The van der Waals surface area contributed by atoms with Crippen LogP contribution in [0, 0.1) is 6.92 Å². The second-order valence-electron chi connectivity index (χ2n) is 6.28. The summed E-state index contributed by atoms with van der Waals surface area (Å²) in [6.07, 6.45) is 8.03. The molecule has 0 saturated carbocycles. The second kappa shape index (κ2) is 5.33. The summed E-state index contributed by atoms with van der Waals surface area (Å²) in [5, 5.41) is 3.79. The van der Waals surface area contributed by atoms with E-state index in [1.165, 1.54) is 6.26 Å². The molecule has 0 aromatic carbocycles. The van der Waals surface area contributed by atoms with Crippen molar-refractivity contribution >= 4 is 11.9 Å². The minimum Gasteiger partial charge on any atom is -0.364 e. The molecule has 7 heteroatoms. The molecule has 0 bridgehead atoms. The van der Waals surface area contributed by atoms with E-state index < -0.39 is 0 Å². The highest BCUT2D eigenvalue weighted by Gasteiger charge is 2.48. The summed E-state index contributed by atoms with van der Waals surface area (Å²) in [5.41, 5.74) is 1.33. The molecule has 2 aromatic heterocycles. The van der Waals surface area contributed by atoms with Crippen LogP contribution < -0.4 is 4.90 Å². The average molecular weight is 313 g/mol. The van der Waals surface area contributed by atoms with Crippen LogP contribution >= 0.6 is 0 Å². The van der Waals surface area contributed by atoms with Gasteiger partial charge in [0, 0.05) is 37.6 Å². The summed E-state index contributed by atoms with van der Waals surface area (Å²) in [6.45, 7) is 4.27. The van der Waals surface area contributed by atoms with Gasteiger partial charge < -0.3 is 14.3 Å². The predicted molar refractivity (Wildman–Crippen MR) is 83.1 cm³/mol. The quantitative estimate of drug-likeness (QED) is 0.839. The number of hydrogen-bond donors (Lipinski definition) is 0. The van der Waals surface area contributed by atoms with Crippen LogP contribution in [-0.4, -0.2) is 51.1 Å². The summed E-state index contributed by atoms with van der Waals surface area (Å²) >= 11 is 0. The Kier molecular flexibility index (Phi) is 3.28. The zero-order valence-electron chi connectivity index (χ0n) is 13.1. The first-order chi connectivity index (χ1) is 11.2. The molecule has 0 aliphatic carbocycles. The lowest BCUT2D eigenvalue weighted by Gasteiger charge is -2.56. The van der Waals surface area contributed by atoms with E-state index in [0.29, 0.717) is 11.3 Å². The molecule has 4 heterocycles. The largest absolute Gasteiger partial charge is 0.364 e. The Balaban J connectivity index is 1.45. The van der Waals surface area contributed by atoms with E-state index >= 15 is 0 Å². The lowest BCUT2D eigenvalue weighted by atomic mass is 9.76. The lowest BCUT2D eigenvalue weighted by Crippen LogP contribution is -2.65. The predicted octanol–water partition coefficient (Wildman–Crippen LogP) is 1.66. The maximum Gasteiger partial charge on any atom is 0.259 e. The maximum atomic E-state index is 12.5. The van der Waals surface area contributed by atoms with E-state index in [4.69, 9.17) is 4.52 Å². The molecule has 0 N–H and O–H groups in total. The molecule has 120 valence electrons. The van der Waals surface area contributed by atoms with Gasteiger partial charge in [0.05, 0.1) is 5.69 Å². The Bertz CT molecular complexity index is 706. The average Bonchev–Trinajstić information content (AvgIpc) is 3.00. The fraction of sp³-hybridized carbons (Fsp3) is 0.500. The first kappa shape index (κ1) is 14.2. The molecule has 0 atom stereocenters. The normalized spacial score (nSPS) is 19.7. The van der Waals surface area contributed by atoms with Crippen molar-refractivity contribution < 1.29 is 9.32 Å². The van der Waals surface area contributed by atoms with Crippen molar-refractivity contribution in [1.82, 2.24) is 20.0 Å². The minimum absolute atomic E-state index is 0.0143. The standard InChI is InChI=1S/C16H19N5O2/c1-12-13(11-23-19-12)14(22)20-8-3-16(4-9-20)5-10-21(16)15-17-6-2-7-18-15/h2,6-7,11H,3-5,8-10H2,1H3. The summed E-state index contributed by atoms with van der Waals surface area (Å²) in [5.74, 6) is 0.814. The van der Waals surface area contributed by atoms with Gasteiger partial charge in [0.15, 0.2) is 0 Å². The highest BCUT2D eigenvalue weighted by Crippen LogP contribution is 2.41. The molecule has 2 aromatic rings. The van der Waals surface area contributed by atoms with Crippen molar-refractivity contribution in [2.45, 2.75) is 31.7 Å². The van der Waals surface area contributed by atoms with Crippen molar-refractivity contribution in [2.75, 3.05) is 24.5 Å². The molecular formula is C16H19N5O2. The molecule has 1 spiro atoms. The molecular weight excluding hydrogens is 294 g/mol. The van der Waals surface area contributed by atoms with Crippen molar-refractivity contribution in [3.05, 3.63) is 36.0 Å². The Hall–Kier alpha value is -2.44. The molecule has 2 saturated heterocycles. The highest BCUT2D eigenvalue weighted by molar-refractivity contribution is 5.94. The fourth-order valence-corrected chi connectivity index (χ4v) is 3.60. The highest BCUT2D eigenvalue weighted by atomic mass is 16.5. The van der Waals surface area contributed by atoms with Crippen molar-refractivity contribution in [3.8, 4) is 0 Å². The monoisotopic (exact) mass is 313 g/mol. The van der Waals surface area contributed by atoms with E-state index in [-0.39, 0.29) is 11.4 Å². The molecule has 2 fully saturated rings. The first-order valence-electron chi connectivity index (χ1n) is 7.95. The van der Waals surface area contributed by atoms with E-state index in [1.807, 2.05) is 11.0 Å². The second-order valence-corrected chi connectivity index (χ2v) is 6.28. The molecule has 2 aliphatic heterocycles. The van der Waals surface area contributed by atoms with Gasteiger partial charge in [-0.15, -0.1) is 0 Å². The van der Waals surface area contributed by atoms with Gasteiger partial charge in [-0.25, -0.2) is 9.97 Å². The van der Waals surface area contributed by atoms with Gasteiger partial charge in [0.25, 0.3) is 5.91 Å². The number of aromatic nitrogens is 3. The van der Waals surface area contributed by atoms with E-state index in [0.717, 1.165) is 44.8 Å². The van der Waals surface area contributed by atoms with E-state index in [1.54, 1.807) is 19.3 Å². The molecule has 0 unspecified atom stereocenters. The Morgan fingerprint density at radius 3 is 2.43 bits per heavy atom. The van der Waals surface area contributed by atoms with Gasteiger partial charge in [-0.2, -0.15) is 0 Å². The lowest BCUT2D eigenvalue weighted by molar-refractivity contribution is 0.0610. The maximum absolute atomic E-state index is 12.5. The number of piperidine rings is 1. The molecule has 1 amide bonds. The fourth-order valence-electron chi connectivity index (χ4n) is 3.60. The first-order valence-corrected chi connectivity index (χ1v) is 7.95. The number of likely N-dealkylation sites (tertiary alicyclic amines) is 1. The van der Waals surface area contributed by atoms with Crippen LogP contribution in [0.25, 0.3) is 0 Å². The van der Waals surface area contributed by atoms with Crippen LogP contribution in [0.1, 0.15) is 35.3 Å². The van der Waals surface area contributed by atoms with Crippen molar-refractivity contribution in [1.29, 1.82) is 0 Å². The number of amides is 1. The van der Waals surface area contributed by atoms with Crippen LogP contribution in [0.3, 0.4) is 0 Å². The number of hydrogen-bond acceptors (Lipinski definition) is 6. The summed E-state index contributed by atoms with van der Waals surface area (Å²) < 4.78 is 4.88. The SMILES string of the molecule is Cc1nocc1C(=O)N1CCC2(CC1)CCN2c1ncccn1. The topological polar surface area (TPSA) is 75.4 Å². The number of nitrogens with zero attached hydrogens (tertiary/aromatic N) is 5. The Morgan fingerprint density at radius 1 is 1.17 bits per heavy atom. The summed E-state index contributed by atoms with van der Waals surface area (Å²) in [4.78, 5) is 25.5. The number of aryl methyl sites for hydroxylation is 1. The van der Waals surface area contributed by atoms with Crippen LogP contribution in [0.2, 0.25) is 0 Å². The van der Waals surface area contributed by atoms with E-state index in [9.17, 15) is 4.79 Å². The molecule has 23 heavy (non-hydrogen) atoms. The van der Waals surface area contributed by atoms with E-state index in [2.05, 4.69) is 20.0 Å². The number of rotatable bonds is 2. The third-order valence-corrected chi connectivity index (χ3v) is 5.13. The van der Waals surface area contributed by atoms with Crippen LogP contribution in [0.5, 0.6) is 0 Å². The Morgan fingerprint density at radius 2 is 1.87 bits per heavy atom. The summed E-state index contributed by atoms with van der Waals surface area (Å²) in [6, 6.07) is 1.83. The summed E-state index contributed by atoms with van der Waals surface area (Å²) in [7, 11) is 0. The van der Waals surface area contributed by atoms with Gasteiger partial charge in [-0.1, -0.05) is 5.16 Å². The zero-order valence-corrected chi connectivity index (χ0v) is 13.1. The molecule has 2 aliphatic rings. The minimum atomic E-state index is 0.0143. The smallest absolute Gasteiger partial charge is 0.259 e. The van der Waals surface area contributed by atoms with Crippen LogP contribution in [0.4, 0.5) is 5.95 Å². The molecule has 0 radical (unpaired) electrons. The molecule has 7 nitrogen and oxygen atoms in total. The van der Waals surface area contributed by atoms with Crippen LogP contribution in [-0.2, 0) is 0 Å². The van der Waals surface area contributed by atoms with Crippen molar-refractivity contribution in [2.24, 2.45) is 0 Å². The number of anilines is 1. The van der Waals surface area contributed by atoms with Gasteiger partial charge in [-0.3, -0.25) is 4.79 Å². The van der Waals surface area contributed by atoms with Gasteiger partial charge >= 0.3 is 0 Å². The number of carbonyl (C=O) groups excluding carboxylic acids is 1. The van der Waals surface area contributed by atoms with Crippen molar-refractivity contribution in [3.63, 3.8) is 0 Å². The third-order valence-electron chi connectivity index (χ3n) is 5.13. The van der Waals surface area contributed by atoms with Gasteiger partial charge in [0.1, 0.15) is 11.8 Å². The molecule has 4 rings (SSSR count).